The Morgan fingerprint density at radius 2 is 1.79 bits per heavy atom. The number of aliphatic hydroxyl groups excluding tert-OH is 1. The number of amides is 1. The first-order valence-electron chi connectivity index (χ1n) is 11.6. The van der Waals surface area contributed by atoms with Crippen LogP contribution in [-0.2, 0) is 6.54 Å². The number of nitrogens with zero attached hydrogens (tertiary/aromatic N) is 3. The Morgan fingerprint density at radius 3 is 2.44 bits per heavy atom. The van der Waals surface area contributed by atoms with E-state index in [0.717, 1.165) is 37.5 Å². The topological polar surface area (TPSA) is 79.3 Å². The Morgan fingerprint density at radius 1 is 1.12 bits per heavy atom. The number of hydrogen-bond acceptors (Lipinski definition) is 6. The highest BCUT2D eigenvalue weighted by Gasteiger charge is 2.35. The lowest BCUT2D eigenvalue weighted by Gasteiger charge is -2.34. The van der Waals surface area contributed by atoms with Crippen LogP contribution in [0.2, 0.25) is 10.0 Å². The van der Waals surface area contributed by atoms with Gasteiger partial charge in [0.05, 0.1) is 28.4 Å². The van der Waals surface area contributed by atoms with Crippen LogP contribution in [-0.4, -0.2) is 84.4 Å². The molecule has 0 aliphatic carbocycles. The highest BCUT2D eigenvalue weighted by Crippen LogP contribution is 2.35. The van der Waals surface area contributed by atoms with E-state index in [-0.39, 0.29) is 22.7 Å². The zero-order valence-corrected chi connectivity index (χ0v) is 21.1. The molecule has 7 nitrogen and oxygen atoms in total. The van der Waals surface area contributed by atoms with Gasteiger partial charge in [0, 0.05) is 50.9 Å². The maximum Gasteiger partial charge on any atom is 0.255 e. The van der Waals surface area contributed by atoms with Gasteiger partial charge in [-0.05, 0) is 49.7 Å². The number of aliphatic hydroxyl groups is 1. The average molecular weight is 507 g/mol. The molecule has 0 saturated carbocycles. The van der Waals surface area contributed by atoms with E-state index < -0.39 is 6.10 Å². The van der Waals surface area contributed by atoms with Crippen LogP contribution in [0.5, 0.6) is 5.75 Å². The highest BCUT2D eigenvalue weighted by atomic mass is 35.5. The largest absolute Gasteiger partial charge is 0.506 e. The molecule has 0 spiro atoms. The third-order valence-electron chi connectivity index (χ3n) is 6.69. The molecule has 9 heteroatoms. The van der Waals surface area contributed by atoms with Gasteiger partial charge < -0.3 is 25.3 Å². The van der Waals surface area contributed by atoms with E-state index in [4.69, 9.17) is 23.2 Å². The first-order chi connectivity index (χ1) is 16.2. The van der Waals surface area contributed by atoms with Crippen LogP contribution in [0.1, 0.15) is 28.8 Å². The summed E-state index contributed by atoms with van der Waals surface area (Å²) in [6.07, 6.45) is 1.43. The second-order valence-electron chi connectivity index (χ2n) is 9.44. The second kappa shape index (κ2) is 10.7. The molecule has 0 bridgehead atoms. The molecule has 1 amide bonds. The third kappa shape index (κ3) is 5.78. The Balaban J connectivity index is 1.36. The normalized spacial score (nSPS) is 21.7. The van der Waals surface area contributed by atoms with Gasteiger partial charge in [0.1, 0.15) is 5.75 Å². The van der Waals surface area contributed by atoms with Crippen molar-refractivity contribution in [2.75, 3.05) is 45.2 Å². The van der Waals surface area contributed by atoms with Gasteiger partial charge in [-0.25, -0.2) is 0 Å². The van der Waals surface area contributed by atoms with E-state index in [1.807, 2.05) is 17.0 Å². The molecule has 3 N–H and O–H groups in total. The summed E-state index contributed by atoms with van der Waals surface area (Å²) in [7, 11) is 3.35. The fourth-order valence-corrected chi connectivity index (χ4v) is 5.07. The number of likely N-dealkylation sites (tertiary alicyclic amines) is 1. The van der Waals surface area contributed by atoms with Crippen molar-refractivity contribution in [2.24, 2.45) is 0 Å². The number of carbonyl (C=O) groups excluding carboxylic acids is 1. The molecule has 2 atom stereocenters. The van der Waals surface area contributed by atoms with Crippen molar-refractivity contribution in [3.63, 3.8) is 0 Å². The van der Waals surface area contributed by atoms with Crippen LogP contribution in [0, 0.1) is 0 Å². The van der Waals surface area contributed by atoms with Crippen LogP contribution >= 0.6 is 23.2 Å². The molecule has 2 aliphatic rings. The molecule has 0 aromatic heterocycles. The number of carbonyl (C=O) groups is 1. The molecule has 184 valence electrons. The number of phenols is 1. The number of benzene rings is 2. The van der Waals surface area contributed by atoms with Gasteiger partial charge in [-0.1, -0.05) is 35.3 Å². The van der Waals surface area contributed by atoms with Crippen molar-refractivity contribution in [1.82, 2.24) is 15.1 Å². The van der Waals surface area contributed by atoms with Crippen molar-refractivity contribution in [2.45, 2.75) is 37.6 Å². The number of β-amino-alcohol motifs (C(OH)–C–C–N with tert-alkyl or cyclic N) is 1. The number of nitrogens with one attached hydrogen (secondary N) is 1. The SMILES string of the molecule is CN(C)C(=O)c1cc(Cl)c(O)cc1N1CC(O)C(NC2CCN(Cc3ccc(Cl)cc3)CC2)C1. The lowest BCUT2D eigenvalue weighted by atomic mass is 10.0. The van der Waals surface area contributed by atoms with Gasteiger partial charge in [0.2, 0.25) is 0 Å². The Bertz CT molecular complexity index is 1010. The van der Waals surface area contributed by atoms with Crippen LogP contribution in [0.15, 0.2) is 36.4 Å². The number of halogens is 2. The zero-order valence-electron chi connectivity index (χ0n) is 19.5. The molecular formula is C25H32Cl2N4O3. The number of anilines is 1. The minimum absolute atomic E-state index is 0.0778. The molecule has 34 heavy (non-hydrogen) atoms. The molecular weight excluding hydrogens is 475 g/mol. The summed E-state index contributed by atoms with van der Waals surface area (Å²) in [5.74, 6) is -0.276. The van der Waals surface area contributed by atoms with Gasteiger partial charge in [0.25, 0.3) is 5.91 Å². The zero-order chi connectivity index (χ0) is 24.4. The van der Waals surface area contributed by atoms with Gasteiger partial charge in [-0.3, -0.25) is 9.69 Å². The maximum absolute atomic E-state index is 12.7. The fraction of sp³-hybridized carbons (Fsp3) is 0.480. The number of phenolic OH excluding ortho intramolecular Hbond substituents is 1. The van der Waals surface area contributed by atoms with Crippen molar-refractivity contribution in [3.8, 4) is 5.75 Å². The minimum Gasteiger partial charge on any atom is -0.506 e. The molecule has 4 rings (SSSR count). The van der Waals surface area contributed by atoms with Crippen molar-refractivity contribution >= 4 is 34.8 Å². The van der Waals surface area contributed by atoms with Crippen LogP contribution in [0.3, 0.4) is 0 Å². The summed E-state index contributed by atoms with van der Waals surface area (Å²) in [6, 6.07) is 11.2. The first-order valence-corrected chi connectivity index (χ1v) is 12.4. The molecule has 2 aromatic carbocycles. The standard InChI is InChI=1S/C25H32Cl2N4O3/c1-29(2)25(34)19-11-20(27)23(32)12-22(19)31-14-21(24(33)15-31)28-18-7-9-30(10-8-18)13-16-3-5-17(26)6-4-16/h3-6,11-12,18,21,24,28,32-33H,7-10,13-15H2,1-2H3. The number of hydrogen-bond donors (Lipinski definition) is 3. The summed E-state index contributed by atoms with van der Waals surface area (Å²) in [6.45, 7) is 3.80. The molecule has 2 unspecified atom stereocenters. The van der Waals surface area contributed by atoms with Gasteiger partial charge in [-0.15, -0.1) is 0 Å². The Labute approximate surface area is 210 Å². The van der Waals surface area contributed by atoms with Crippen LogP contribution in [0.25, 0.3) is 0 Å². The van der Waals surface area contributed by atoms with E-state index in [2.05, 4.69) is 22.3 Å². The molecule has 2 fully saturated rings. The summed E-state index contributed by atoms with van der Waals surface area (Å²) in [5, 5.41) is 25.5. The average Bonchev–Trinajstić information content (AvgIpc) is 3.17. The predicted molar refractivity (Wildman–Crippen MR) is 136 cm³/mol. The van der Waals surface area contributed by atoms with Gasteiger partial charge >= 0.3 is 0 Å². The van der Waals surface area contributed by atoms with E-state index in [0.29, 0.717) is 30.4 Å². The quantitative estimate of drug-likeness (QED) is 0.558. The van der Waals surface area contributed by atoms with Crippen molar-refractivity contribution < 1.29 is 15.0 Å². The van der Waals surface area contributed by atoms with E-state index >= 15 is 0 Å². The molecule has 0 radical (unpaired) electrons. The summed E-state index contributed by atoms with van der Waals surface area (Å²) in [4.78, 5) is 18.6. The lowest BCUT2D eigenvalue weighted by Crippen LogP contribution is -2.49. The number of piperidine rings is 1. The molecule has 2 saturated heterocycles. The Hall–Kier alpha value is -2.03. The van der Waals surface area contributed by atoms with E-state index in [9.17, 15) is 15.0 Å². The fourth-order valence-electron chi connectivity index (χ4n) is 4.78. The maximum atomic E-state index is 12.7. The summed E-state index contributed by atoms with van der Waals surface area (Å²) < 4.78 is 0. The smallest absolute Gasteiger partial charge is 0.255 e. The molecule has 2 aromatic rings. The van der Waals surface area contributed by atoms with E-state index in [1.165, 1.54) is 22.6 Å². The first kappa shape index (κ1) is 25.1. The van der Waals surface area contributed by atoms with Crippen molar-refractivity contribution in [1.29, 1.82) is 0 Å². The lowest BCUT2D eigenvalue weighted by molar-refractivity contribution is 0.0828. The van der Waals surface area contributed by atoms with Crippen molar-refractivity contribution in [3.05, 3.63) is 57.6 Å². The van der Waals surface area contributed by atoms with Gasteiger partial charge in [-0.2, -0.15) is 0 Å². The third-order valence-corrected chi connectivity index (χ3v) is 7.24. The van der Waals surface area contributed by atoms with Crippen LogP contribution < -0.4 is 10.2 Å². The minimum atomic E-state index is -0.577. The van der Waals surface area contributed by atoms with Crippen LogP contribution in [0.4, 0.5) is 5.69 Å². The highest BCUT2D eigenvalue weighted by molar-refractivity contribution is 6.32. The Kier molecular flexibility index (Phi) is 7.90. The number of rotatable bonds is 6. The second-order valence-corrected chi connectivity index (χ2v) is 10.3. The molecule has 2 aliphatic heterocycles. The monoisotopic (exact) mass is 506 g/mol. The summed E-state index contributed by atoms with van der Waals surface area (Å²) in [5.41, 5.74) is 2.25. The summed E-state index contributed by atoms with van der Waals surface area (Å²) >= 11 is 12.1. The molecule has 2 heterocycles. The number of aromatic hydroxyl groups is 1. The van der Waals surface area contributed by atoms with E-state index in [1.54, 1.807) is 14.1 Å². The van der Waals surface area contributed by atoms with Gasteiger partial charge in [0.15, 0.2) is 0 Å². The predicted octanol–water partition coefficient (Wildman–Crippen LogP) is 3.20.